The highest BCUT2D eigenvalue weighted by Crippen LogP contribution is 2.76. The van der Waals surface area contributed by atoms with Gasteiger partial charge < -0.3 is 10.2 Å². The van der Waals surface area contributed by atoms with E-state index in [1.807, 2.05) is 0 Å². The maximum Gasteiger partial charge on any atom is 0.0594 e. The molecule has 4 saturated carbocycles. The van der Waals surface area contributed by atoms with Gasteiger partial charge in [0, 0.05) is 5.41 Å². The summed E-state index contributed by atoms with van der Waals surface area (Å²) < 4.78 is 0. The predicted octanol–water partition coefficient (Wildman–Crippen LogP) is 7.00. The average molecular weight is 443 g/mol. The highest BCUT2D eigenvalue weighted by Gasteiger charge is 2.69. The molecule has 0 aromatic carbocycles. The molecule has 0 radical (unpaired) electrons. The summed E-state index contributed by atoms with van der Waals surface area (Å²) in [6.45, 7) is 17.6. The van der Waals surface area contributed by atoms with Crippen LogP contribution in [0.25, 0.3) is 0 Å². The standard InChI is InChI=1S/C30H50O2/c1-19(2)20-10-13-27(5)16-17-30(18-31)21(25(20)27)8-9-23-28(6)14-12-24(32)26(3,4)22(28)11-15-29(23,30)7/h8,19-20,22-25,31-32H,9-18H2,1-7H3/t20-,22-,23+,24-,25+,27+,28-,29+,30-/m0/s1. The highest BCUT2D eigenvalue weighted by atomic mass is 16.3. The monoisotopic (exact) mass is 442 g/mol. The van der Waals surface area contributed by atoms with Gasteiger partial charge in [-0.3, -0.25) is 0 Å². The number of fused-ring (bicyclic) bond motifs is 7. The van der Waals surface area contributed by atoms with Crippen LogP contribution in [0.3, 0.4) is 0 Å². The molecule has 5 aliphatic rings. The lowest BCUT2D eigenvalue weighted by molar-refractivity contribution is -0.210. The van der Waals surface area contributed by atoms with Gasteiger partial charge in [-0.2, -0.15) is 0 Å². The van der Waals surface area contributed by atoms with Crippen LogP contribution in [-0.4, -0.2) is 22.9 Å². The zero-order valence-corrected chi connectivity index (χ0v) is 22.0. The second-order valence-corrected chi connectivity index (χ2v) is 14.7. The number of hydrogen-bond donors (Lipinski definition) is 2. The molecule has 0 aromatic rings. The normalized spacial score (nSPS) is 54.3. The molecule has 5 rings (SSSR count). The fraction of sp³-hybridized carbons (Fsp3) is 0.933. The van der Waals surface area contributed by atoms with Crippen LogP contribution in [0.5, 0.6) is 0 Å². The van der Waals surface area contributed by atoms with E-state index in [0.29, 0.717) is 29.8 Å². The Morgan fingerprint density at radius 3 is 2.28 bits per heavy atom. The first-order valence-corrected chi connectivity index (χ1v) is 13.9. The molecule has 0 bridgehead atoms. The minimum Gasteiger partial charge on any atom is -0.395 e. The molecular formula is C30H50O2. The molecule has 0 aliphatic heterocycles. The predicted molar refractivity (Wildman–Crippen MR) is 132 cm³/mol. The van der Waals surface area contributed by atoms with E-state index in [4.69, 9.17) is 0 Å². The van der Waals surface area contributed by atoms with E-state index in [-0.39, 0.29) is 27.8 Å². The maximum absolute atomic E-state index is 11.3. The fourth-order valence-electron chi connectivity index (χ4n) is 11.1. The van der Waals surface area contributed by atoms with Crippen molar-refractivity contribution in [3.8, 4) is 0 Å². The van der Waals surface area contributed by atoms with Gasteiger partial charge >= 0.3 is 0 Å². The molecule has 0 amide bonds. The van der Waals surface area contributed by atoms with Crippen molar-refractivity contribution >= 4 is 0 Å². The van der Waals surface area contributed by atoms with Crippen LogP contribution in [0, 0.1) is 56.7 Å². The molecule has 0 spiro atoms. The minimum atomic E-state index is -0.174. The number of rotatable bonds is 2. The van der Waals surface area contributed by atoms with Crippen LogP contribution < -0.4 is 0 Å². The zero-order valence-electron chi connectivity index (χ0n) is 22.0. The molecule has 2 heteroatoms. The summed E-state index contributed by atoms with van der Waals surface area (Å²) in [6, 6.07) is 0. The fourth-order valence-corrected chi connectivity index (χ4v) is 11.1. The van der Waals surface area contributed by atoms with Gasteiger partial charge in [0.2, 0.25) is 0 Å². The number of hydrogen-bond acceptors (Lipinski definition) is 2. The van der Waals surface area contributed by atoms with Crippen molar-refractivity contribution in [1.82, 2.24) is 0 Å². The SMILES string of the molecule is CC(C)[C@@H]1CC[C@]2(C)CC[C@]3(CO)C(=CC[C@@H]4[C@@]5(C)CC[C@H](O)C(C)(C)[C@@H]5CC[C@]43C)[C@@H]12. The first-order valence-electron chi connectivity index (χ1n) is 13.9. The first kappa shape index (κ1) is 23.4. The third-order valence-electron chi connectivity index (χ3n) is 13.1. The summed E-state index contributed by atoms with van der Waals surface area (Å²) in [5.74, 6) is 3.34. The van der Waals surface area contributed by atoms with Crippen LogP contribution in [-0.2, 0) is 0 Å². The number of aliphatic hydroxyl groups is 2. The largest absolute Gasteiger partial charge is 0.395 e. The molecule has 2 nitrogen and oxygen atoms in total. The summed E-state index contributed by atoms with van der Waals surface area (Å²) in [5, 5.41) is 22.1. The minimum absolute atomic E-state index is 0.00989. The van der Waals surface area contributed by atoms with Crippen LogP contribution in [0.4, 0.5) is 0 Å². The van der Waals surface area contributed by atoms with E-state index in [2.05, 4.69) is 54.5 Å². The third-order valence-corrected chi connectivity index (χ3v) is 13.1. The lowest BCUT2D eigenvalue weighted by atomic mass is 9.34. The van der Waals surface area contributed by atoms with E-state index in [1.54, 1.807) is 5.57 Å². The van der Waals surface area contributed by atoms with Crippen LogP contribution in [0.1, 0.15) is 106 Å². The van der Waals surface area contributed by atoms with E-state index in [9.17, 15) is 10.2 Å². The Morgan fingerprint density at radius 2 is 1.62 bits per heavy atom. The molecular weight excluding hydrogens is 392 g/mol. The van der Waals surface area contributed by atoms with E-state index in [0.717, 1.165) is 24.7 Å². The Bertz CT molecular complexity index is 797. The van der Waals surface area contributed by atoms with Crippen molar-refractivity contribution < 1.29 is 10.2 Å². The van der Waals surface area contributed by atoms with Crippen molar-refractivity contribution in [2.24, 2.45) is 56.7 Å². The Labute approximate surface area is 197 Å². The van der Waals surface area contributed by atoms with Crippen LogP contribution >= 0.6 is 0 Å². The number of allylic oxidation sites excluding steroid dienone is 1. The molecule has 182 valence electrons. The smallest absolute Gasteiger partial charge is 0.0594 e. The zero-order chi connectivity index (χ0) is 23.3. The molecule has 0 unspecified atom stereocenters. The molecule has 0 heterocycles. The van der Waals surface area contributed by atoms with Crippen molar-refractivity contribution in [2.45, 2.75) is 112 Å². The Morgan fingerprint density at radius 1 is 0.906 bits per heavy atom. The quantitative estimate of drug-likeness (QED) is 0.452. The Balaban J connectivity index is 1.62. The van der Waals surface area contributed by atoms with Crippen molar-refractivity contribution in [2.75, 3.05) is 6.61 Å². The molecule has 0 aromatic heterocycles. The van der Waals surface area contributed by atoms with Gasteiger partial charge in [0.15, 0.2) is 0 Å². The highest BCUT2D eigenvalue weighted by molar-refractivity contribution is 5.35. The van der Waals surface area contributed by atoms with E-state index >= 15 is 0 Å². The van der Waals surface area contributed by atoms with Crippen molar-refractivity contribution in [3.63, 3.8) is 0 Å². The second-order valence-electron chi connectivity index (χ2n) is 14.7. The Kier molecular flexibility index (Phi) is 5.19. The molecule has 0 saturated heterocycles. The second kappa shape index (κ2) is 7.09. The summed E-state index contributed by atoms with van der Waals surface area (Å²) in [7, 11) is 0. The average Bonchev–Trinajstić information content (AvgIpc) is 3.08. The lowest BCUT2D eigenvalue weighted by Crippen LogP contribution is -2.65. The van der Waals surface area contributed by atoms with Crippen molar-refractivity contribution in [1.29, 1.82) is 0 Å². The van der Waals surface area contributed by atoms with Gasteiger partial charge in [0.25, 0.3) is 0 Å². The van der Waals surface area contributed by atoms with Crippen LogP contribution in [0.15, 0.2) is 11.6 Å². The molecule has 9 atom stereocenters. The first-order chi connectivity index (χ1) is 14.9. The van der Waals surface area contributed by atoms with Gasteiger partial charge in [-0.1, -0.05) is 60.1 Å². The molecule has 2 N–H and O–H groups in total. The number of aliphatic hydroxyl groups excluding tert-OH is 2. The lowest BCUT2D eigenvalue weighted by Gasteiger charge is -2.71. The topological polar surface area (TPSA) is 40.5 Å². The van der Waals surface area contributed by atoms with Crippen molar-refractivity contribution in [3.05, 3.63) is 11.6 Å². The Hall–Kier alpha value is -0.340. The molecule has 32 heavy (non-hydrogen) atoms. The summed E-state index contributed by atoms with van der Waals surface area (Å²) in [5.41, 5.74) is 2.49. The molecule has 4 fully saturated rings. The van der Waals surface area contributed by atoms with E-state index < -0.39 is 0 Å². The van der Waals surface area contributed by atoms with E-state index in [1.165, 1.54) is 44.9 Å². The van der Waals surface area contributed by atoms with Gasteiger partial charge in [0.05, 0.1) is 12.7 Å². The van der Waals surface area contributed by atoms with Gasteiger partial charge in [-0.25, -0.2) is 0 Å². The summed E-state index contributed by atoms with van der Waals surface area (Å²) >= 11 is 0. The van der Waals surface area contributed by atoms with Gasteiger partial charge in [-0.05, 0) is 109 Å². The van der Waals surface area contributed by atoms with Gasteiger partial charge in [-0.15, -0.1) is 0 Å². The molecule has 5 aliphatic carbocycles. The summed E-state index contributed by atoms with van der Waals surface area (Å²) in [6.07, 6.45) is 13.4. The summed E-state index contributed by atoms with van der Waals surface area (Å²) in [4.78, 5) is 0. The third kappa shape index (κ3) is 2.66. The van der Waals surface area contributed by atoms with Crippen LogP contribution in [0.2, 0.25) is 0 Å². The van der Waals surface area contributed by atoms with Gasteiger partial charge in [0.1, 0.15) is 0 Å². The maximum atomic E-state index is 11.3.